The second-order valence-corrected chi connectivity index (χ2v) is 7.83. The van der Waals surface area contributed by atoms with Gasteiger partial charge in [-0.15, -0.1) is 0 Å². The van der Waals surface area contributed by atoms with E-state index in [9.17, 15) is 13.2 Å². The zero-order chi connectivity index (χ0) is 15.0. The van der Waals surface area contributed by atoms with Crippen LogP contribution >= 0.6 is 0 Å². The number of sulfone groups is 1. The van der Waals surface area contributed by atoms with Crippen LogP contribution in [0.1, 0.15) is 12.1 Å². The summed E-state index contributed by atoms with van der Waals surface area (Å²) < 4.78 is 24.8. The monoisotopic (exact) mass is 306 g/mol. The fraction of sp³-hybridized carbons (Fsp3) is 0.400. The van der Waals surface area contributed by atoms with Crippen LogP contribution in [0.15, 0.2) is 30.3 Å². The molecule has 0 unspecified atom stereocenters. The highest BCUT2D eigenvalue weighted by Crippen LogP contribution is 2.19. The van der Waals surface area contributed by atoms with E-state index in [-0.39, 0.29) is 30.0 Å². The van der Waals surface area contributed by atoms with Gasteiger partial charge in [0.15, 0.2) is 9.84 Å². The highest BCUT2D eigenvalue weighted by Gasteiger charge is 2.28. The van der Waals surface area contributed by atoms with Crippen molar-refractivity contribution in [1.29, 1.82) is 0 Å². The van der Waals surface area contributed by atoms with Crippen molar-refractivity contribution in [3.63, 3.8) is 0 Å². The maximum absolute atomic E-state index is 12.1. The van der Waals surface area contributed by atoms with E-state index in [0.29, 0.717) is 6.42 Å². The summed E-state index contributed by atoms with van der Waals surface area (Å²) in [4.78, 5) is 12.1. The van der Waals surface area contributed by atoms with E-state index in [1.165, 1.54) is 0 Å². The van der Waals surface area contributed by atoms with Crippen molar-refractivity contribution in [3.8, 4) is 0 Å². The third kappa shape index (κ3) is 2.95. The first-order valence-corrected chi connectivity index (χ1v) is 8.81. The number of aryl methyl sites for hydroxylation is 1. The molecule has 3 rings (SSSR count). The number of carbonyl (C=O) groups is 1. The molecule has 1 amide bonds. The Kier molecular flexibility index (Phi) is 3.49. The van der Waals surface area contributed by atoms with Gasteiger partial charge in [0.05, 0.1) is 11.5 Å². The topological polar surface area (TPSA) is 68.2 Å². The summed E-state index contributed by atoms with van der Waals surface area (Å²) in [6.07, 6.45) is 0.513. The number of benzene rings is 1. The third-order valence-electron chi connectivity index (χ3n) is 3.92. The summed E-state index contributed by atoms with van der Waals surface area (Å²) in [5, 5.41) is 3.93. The molecule has 0 radical (unpaired) electrons. The Bertz CT molecular complexity index is 792. The zero-order valence-corrected chi connectivity index (χ0v) is 12.7. The predicted molar refractivity (Wildman–Crippen MR) is 81.9 cm³/mol. The Morgan fingerprint density at radius 2 is 2.14 bits per heavy atom. The van der Waals surface area contributed by atoms with Gasteiger partial charge in [0.2, 0.25) is 5.91 Å². The van der Waals surface area contributed by atoms with Crippen LogP contribution in [0.2, 0.25) is 0 Å². The standard InChI is InChI=1S/C15H18N2O3S/c1-11-8-12-4-2-3-5-14(12)17(11)9-15(18)16-13-6-7-21(19,20)10-13/h2-5,8,13H,6-7,9-10H2,1H3,(H,16,18)/t13-/m0/s1. The largest absolute Gasteiger partial charge is 0.351 e. The number of aromatic nitrogens is 1. The number of nitrogens with one attached hydrogen (secondary N) is 1. The maximum atomic E-state index is 12.1. The molecular weight excluding hydrogens is 288 g/mol. The number of rotatable bonds is 3. The van der Waals surface area contributed by atoms with Gasteiger partial charge < -0.3 is 9.88 Å². The second-order valence-electron chi connectivity index (χ2n) is 5.60. The normalized spacial score (nSPS) is 20.7. The van der Waals surface area contributed by atoms with E-state index in [4.69, 9.17) is 0 Å². The molecule has 6 heteroatoms. The van der Waals surface area contributed by atoms with Crippen LogP contribution in [0.4, 0.5) is 0 Å². The summed E-state index contributed by atoms with van der Waals surface area (Å²) in [5.41, 5.74) is 2.04. The van der Waals surface area contributed by atoms with Crippen molar-refractivity contribution in [3.05, 3.63) is 36.0 Å². The minimum Gasteiger partial charge on any atom is -0.351 e. The number of fused-ring (bicyclic) bond motifs is 1. The third-order valence-corrected chi connectivity index (χ3v) is 5.68. The minimum absolute atomic E-state index is 0.0597. The molecular formula is C15H18N2O3S. The molecule has 0 spiro atoms. The molecule has 1 aliphatic rings. The molecule has 1 N–H and O–H groups in total. The lowest BCUT2D eigenvalue weighted by Gasteiger charge is -2.13. The van der Waals surface area contributed by atoms with Crippen molar-refractivity contribution in [1.82, 2.24) is 9.88 Å². The molecule has 1 saturated heterocycles. The molecule has 0 bridgehead atoms. The SMILES string of the molecule is Cc1cc2ccccc2n1CC(=O)N[C@H]1CCS(=O)(=O)C1. The smallest absolute Gasteiger partial charge is 0.240 e. The van der Waals surface area contributed by atoms with Gasteiger partial charge in [-0.2, -0.15) is 0 Å². The molecule has 1 atom stereocenters. The first-order valence-electron chi connectivity index (χ1n) is 6.99. The van der Waals surface area contributed by atoms with E-state index in [2.05, 4.69) is 5.32 Å². The molecule has 1 aromatic carbocycles. The lowest BCUT2D eigenvalue weighted by Crippen LogP contribution is -2.37. The average molecular weight is 306 g/mol. The number of carbonyl (C=O) groups excluding carboxylic acids is 1. The molecule has 112 valence electrons. The summed E-state index contributed by atoms with van der Waals surface area (Å²) in [5.74, 6) is 0.0923. The Morgan fingerprint density at radius 3 is 2.86 bits per heavy atom. The van der Waals surface area contributed by atoms with E-state index >= 15 is 0 Å². The lowest BCUT2D eigenvalue weighted by atomic mass is 10.2. The number of para-hydroxylation sites is 1. The summed E-state index contributed by atoms with van der Waals surface area (Å²) in [7, 11) is -2.97. The van der Waals surface area contributed by atoms with Crippen molar-refractivity contribution in [2.24, 2.45) is 0 Å². The van der Waals surface area contributed by atoms with Gasteiger partial charge in [-0.1, -0.05) is 18.2 Å². The zero-order valence-electron chi connectivity index (χ0n) is 11.9. The molecule has 2 aromatic rings. The number of nitrogens with zero attached hydrogens (tertiary/aromatic N) is 1. The van der Waals surface area contributed by atoms with Crippen LogP contribution in [-0.4, -0.2) is 36.4 Å². The molecule has 0 saturated carbocycles. The second kappa shape index (κ2) is 5.18. The van der Waals surface area contributed by atoms with Gasteiger partial charge >= 0.3 is 0 Å². The van der Waals surface area contributed by atoms with Gasteiger partial charge in [-0.3, -0.25) is 4.79 Å². The van der Waals surface area contributed by atoms with Gasteiger partial charge in [0, 0.05) is 17.3 Å². The van der Waals surface area contributed by atoms with Gasteiger partial charge in [0.1, 0.15) is 6.54 Å². The lowest BCUT2D eigenvalue weighted by molar-refractivity contribution is -0.122. The highest BCUT2D eigenvalue weighted by atomic mass is 32.2. The van der Waals surface area contributed by atoms with E-state index in [0.717, 1.165) is 16.6 Å². The first-order chi connectivity index (χ1) is 9.94. The Hall–Kier alpha value is -1.82. The van der Waals surface area contributed by atoms with Crippen LogP contribution in [0, 0.1) is 6.92 Å². The van der Waals surface area contributed by atoms with Crippen molar-refractivity contribution >= 4 is 26.6 Å². The number of amides is 1. The molecule has 1 fully saturated rings. The summed E-state index contributed by atoms with van der Waals surface area (Å²) in [6.45, 7) is 2.18. The van der Waals surface area contributed by atoms with Gasteiger partial charge in [0.25, 0.3) is 0 Å². The maximum Gasteiger partial charge on any atom is 0.240 e. The van der Waals surface area contributed by atoms with Crippen molar-refractivity contribution in [2.75, 3.05) is 11.5 Å². The van der Waals surface area contributed by atoms with E-state index in [1.54, 1.807) is 0 Å². The Morgan fingerprint density at radius 1 is 1.38 bits per heavy atom. The molecule has 0 aliphatic carbocycles. The van der Waals surface area contributed by atoms with Crippen molar-refractivity contribution < 1.29 is 13.2 Å². The Labute approximate surface area is 123 Å². The van der Waals surface area contributed by atoms with Crippen LogP contribution < -0.4 is 5.32 Å². The Balaban J connectivity index is 1.74. The average Bonchev–Trinajstić information content (AvgIpc) is 2.90. The fourth-order valence-corrected chi connectivity index (χ4v) is 4.56. The molecule has 2 heterocycles. The van der Waals surface area contributed by atoms with Crippen LogP contribution in [0.5, 0.6) is 0 Å². The quantitative estimate of drug-likeness (QED) is 0.928. The minimum atomic E-state index is -2.97. The fourth-order valence-electron chi connectivity index (χ4n) is 2.88. The van der Waals surface area contributed by atoms with Crippen LogP contribution in [-0.2, 0) is 21.2 Å². The van der Waals surface area contributed by atoms with Crippen LogP contribution in [0.25, 0.3) is 10.9 Å². The van der Waals surface area contributed by atoms with Gasteiger partial charge in [-0.05, 0) is 30.9 Å². The molecule has 5 nitrogen and oxygen atoms in total. The number of hydrogen-bond acceptors (Lipinski definition) is 3. The number of hydrogen-bond donors (Lipinski definition) is 1. The summed E-state index contributed by atoms with van der Waals surface area (Å²) in [6, 6.07) is 9.71. The van der Waals surface area contributed by atoms with Crippen molar-refractivity contribution in [2.45, 2.75) is 25.9 Å². The molecule has 1 aromatic heterocycles. The highest BCUT2D eigenvalue weighted by molar-refractivity contribution is 7.91. The summed E-state index contributed by atoms with van der Waals surface area (Å²) >= 11 is 0. The predicted octanol–water partition coefficient (Wildman–Crippen LogP) is 1.25. The van der Waals surface area contributed by atoms with E-state index < -0.39 is 9.84 Å². The van der Waals surface area contributed by atoms with Gasteiger partial charge in [-0.25, -0.2) is 8.42 Å². The molecule has 1 aliphatic heterocycles. The van der Waals surface area contributed by atoms with E-state index in [1.807, 2.05) is 41.8 Å². The first kappa shape index (κ1) is 14.1. The molecule has 21 heavy (non-hydrogen) atoms. The van der Waals surface area contributed by atoms with Crippen LogP contribution in [0.3, 0.4) is 0 Å².